The molecule has 104 valence electrons. The summed E-state index contributed by atoms with van der Waals surface area (Å²) < 4.78 is 18.7. The van der Waals surface area contributed by atoms with Gasteiger partial charge < -0.3 is 4.74 Å². The maximum absolute atomic E-state index is 13.3. The van der Waals surface area contributed by atoms with E-state index in [1.807, 2.05) is 27.7 Å². The molecule has 0 saturated carbocycles. The quantitative estimate of drug-likeness (QED) is 0.712. The number of hydrogen-bond acceptors (Lipinski definition) is 2. The van der Waals surface area contributed by atoms with Crippen molar-refractivity contribution in [3.05, 3.63) is 29.6 Å². The first-order valence-electron chi connectivity index (χ1n) is 6.58. The van der Waals surface area contributed by atoms with Crippen LogP contribution in [0.1, 0.15) is 39.7 Å². The maximum Gasteiger partial charge on any atom is 0.415 e. The van der Waals surface area contributed by atoms with E-state index < -0.39 is 5.60 Å². The van der Waals surface area contributed by atoms with Crippen molar-refractivity contribution in [3.8, 4) is 0 Å². The zero-order valence-electron chi connectivity index (χ0n) is 11.9. The third-order valence-corrected chi connectivity index (χ3v) is 3.16. The smallest absolute Gasteiger partial charge is 0.415 e. The molecule has 0 saturated heterocycles. The minimum absolute atomic E-state index is 0.0628. The number of nitrogens with zero attached hydrogens (tertiary/aromatic N) is 1. The summed E-state index contributed by atoms with van der Waals surface area (Å²) >= 11 is 0. The lowest BCUT2D eigenvalue weighted by molar-refractivity contribution is 0.0563. The van der Waals surface area contributed by atoms with Crippen molar-refractivity contribution < 1.29 is 13.9 Å². The van der Waals surface area contributed by atoms with Crippen LogP contribution in [0.3, 0.4) is 0 Å². The first-order chi connectivity index (χ1) is 8.78. The van der Waals surface area contributed by atoms with Crippen LogP contribution < -0.4 is 4.90 Å². The van der Waals surface area contributed by atoms with Crippen LogP contribution in [-0.2, 0) is 11.2 Å². The molecule has 1 aliphatic heterocycles. The van der Waals surface area contributed by atoms with Gasteiger partial charge in [0.1, 0.15) is 11.4 Å². The van der Waals surface area contributed by atoms with Gasteiger partial charge in [-0.25, -0.2) is 9.18 Å². The zero-order valence-corrected chi connectivity index (χ0v) is 11.9. The summed E-state index contributed by atoms with van der Waals surface area (Å²) in [5, 5.41) is 0. The van der Waals surface area contributed by atoms with Gasteiger partial charge in [0.2, 0.25) is 0 Å². The van der Waals surface area contributed by atoms with Crippen LogP contribution >= 0.6 is 0 Å². The van der Waals surface area contributed by atoms with Gasteiger partial charge in [-0.05, 0) is 64.3 Å². The second kappa shape index (κ2) is 4.83. The molecule has 0 radical (unpaired) electrons. The van der Waals surface area contributed by atoms with Gasteiger partial charge in [-0.3, -0.25) is 4.90 Å². The van der Waals surface area contributed by atoms with Gasteiger partial charge >= 0.3 is 6.09 Å². The predicted molar refractivity (Wildman–Crippen MR) is 72.9 cm³/mol. The summed E-state index contributed by atoms with van der Waals surface area (Å²) in [4.78, 5) is 13.9. The number of carbonyl (C=O) groups excluding carboxylic acids is 1. The molecule has 0 spiro atoms. The molecule has 0 fully saturated rings. The molecule has 0 bridgehead atoms. The van der Waals surface area contributed by atoms with E-state index in [1.54, 1.807) is 11.0 Å². The van der Waals surface area contributed by atoms with Gasteiger partial charge in [-0.1, -0.05) is 0 Å². The van der Waals surface area contributed by atoms with E-state index in [4.69, 9.17) is 4.74 Å². The van der Waals surface area contributed by atoms with E-state index in [2.05, 4.69) is 0 Å². The molecule has 2 rings (SSSR count). The highest BCUT2D eigenvalue weighted by Gasteiger charge is 2.31. The number of benzene rings is 1. The first-order valence-corrected chi connectivity index (χ1v) is 6.58. The van der Waals surface area contributed by atoms with Crippen LogP contribution in [0.25, 0.3) is 0 Å². The van der Waals surface area contributed by atoms with Gasteiger partial charge in [0.25, 0.3) is 0 Å². The summed E-state index contributed by atoms with van der Waals surface area (Å²) in [5.41, 5.74) is 1.09. The van der Waals surface area contributed by atoms with E-state index in [0.29, 0.717) is 0 Å². The molecule has 1 heterocycles. The van der Waals surface area contributed by atoms with Crippen molar-refractivity contribution in [2.75, 3.05) is 4.90 Å². The summed E-state index contributed by atoms with van der Waals surface area (Å²) in [6.07, 6.45) is 1.23. The SMILES string of the molecule is CC1CCc2cc(F)ccc2N1C(=O)OC(C)(C)C. The molecule has 0 aromatic heterocycles. The van der Waals surface area contributed by atoms with Crippen molar-refractivity contribution >= 4 is 11.8 Å². The van der Waals surface area contributed by atoms with E-state index in [1.165, 1.54) is 12.1 Å². The molecule has 3 nitrogen and oxygen atoms in total. The lowest BCUT2D eigenvalue weighted by atomic mass is 9.97. The van der Waals surface area contributed by atoms with E-state index in [0.717, 1.165) is 24.1 Å². The van der Waals surface area contributed by atoms with Crippen LogP contribution in [0.5, 0.6) is 0 Å². The molecule has 0 aliphatic carbocycles. The molecular formula is C15H20FNO2. The standard InChI is InChI=1S/C15H20FNO2/c1-10-5-6-11-9-12(16)7-8-13(11)17(10)14(18)19-15(2,3)4/h7-10H,5-6H2,1-4H3. The topological polar surface area (TPSA) is 29.5 Å². The average molecular weight is 265 g/mol. The Hall–Kier alpha value is -1.58. The van der Waals surface area contributed by atoms with Gasteiger partial charge in [-0.15, -0.1) is 0 Å². The minimum Gasteiger partial charge on any atom is -0.443 e. The second-order valence-electron chi connectivity index (χ2n) is 6.01. The average Bonchev–Trinajstić information content (AvgIpc) is 2.26. The molecule has 4 heteroatoms. The lowest BCUT2D eigenvalue weighted by Gasteiger charge is -2.36. The van der Waals surface area contributed by atoms with Gasteiger partial charge in [0.05, 0.1) is 5.69 Å². The Kier molecular flexibility index (Phi) is 3.52. The summed E-state index contributed by atoms with van der Waals surface area (Å²) in [6.45, 7) is 7.50. The minimum atomic E-state index is -0.533. The van der Waals surface area contributed by atoms with Crippen molar-refractivity contribution in [3.63, 3.8) is 0 Å². The Morgan fingerprint density at radius 3 is 2.74 bits per heavy atom. The number of halogens is 1. The molecule has 1 aromatic rings. The van der Waals surface area contributed by atoms with Crippen LogP contribution in [0.2, 0.25) is 0 Å². The molecule has 1 amide bonds. The van der Waals surface area contributed by atoms with Crippen molar-refractivity contribution in [1.82, 2.24) is 0 Å². The summed E-state index contributed by atoms with van der Waals surface area (Å²) in [6, 6.07) is 4.60. The molecular weight excluding hydrogens is 245 g/mol. The third kappa shape index (κ3) is 3.06. The Bertz CT molecular complexity index is 493. The summed E-state index contributed by atoms with van der Waals surface area (Å²) in [7, 11) is 0. The number of aryl methyl sites for hydroxylation is 1. The number of hydrogen-bond donors (Lipinski definition) is 0. The zero-order chi connectivity index (χ0) is 14.2. The van der Waals surface area contributed by atoms with Gasteiger partial charge in [0, 0.05) is 6.04 Å². The largest absolute Gasteiger partial charge is 0.443 e. The number of fused-ring (bicyclic) bond motifs is 1. The highest BCUT2D eigenvalue weighted by molar-refractivity contribution is 5.90. The fraction of sp³-hybridized carbons (Fsp3) is 0.533. The maximum atomic E-state index is 13.3. The molecule has 1 atom stereocenters. The monoisotopic (exact) mass is 265 g/mol. The Balaban J connectivity index is 2.33. The Morgan fingerprint density at radius 1 is 1.42 bits per heavy atom. The van der Waals surface area contributed by atoms with Crippen LogP contribution in [0, 0.1) is 5.82 Å². The normalized spacial score (nSPS) is 19.0. The first kappa shape index (κ1) is 13.8. The fourth-order valence-electron chi connectivity index (χ4n) is 2.31. The third-order valence-electron chi connectivity index (χ3n) is 3.16. The van der Waals surface area contributed by atoms with E-state index in [-0.39, 0.29) is 18.0 Å². The molecule has 19 heavy (non-hydrogen) atoms. The number of rotatable bonds is 0. The lowest BCUT2D eigenvalue weighted by Crippen LogP contribution is -2.44. The molecule has 1 unspecified atom stereocenters. The van der Waals surface area contributed by atoms with Crippen LogP contribution in [-0.4, -0.2) is 17.7 Å². The van der Waals surface area contributed by atoms with Crippen LogP contribution in [0.15, 0.2) is 18.2 Å². The highest BCUT2D eigenvalue weighted by atomic mass is 19.1. The molecule has 1 aliphatic rings. The number of ether oxygens (including phenoxy) is 1. The fourth-order valence-corrected chi connectivity index (χ4v) is 2.31. The van der Waals surface area contributed by atoms with Crippen molar-refractivity contribution in [1.29, 1.82) is 0 Å². The number of carbonyl (C=O) groups is 1. The predicted octanol–water partition coefficient (Wildman–Crippen LogP) is 3.90. The number of anilines is 1. The number of amides is 1. The Morgan fingerprint density at radius 2 is 2.11 bits per heavy atom. The second-order valence-corrected chi connectivity index (χ2v) is 6.01. The van der Waals surface area contributed by atoms with Gasteiger partial charge in [-0.2, -0.15) is 0 Å². The van der Waals surface area contributed by atoms with Crippen LogP contribution in [0.4, 0.5) is 14.9 Å². The highest BCUT2D eigenvalue weighted by Crippen LogP contribution is 2.32. The Labute approximate surface area is 113 Å². The van der Waals surface area contributed by atoms with Gasteiger partial charge in [0.15, 0.2) is 0 Å². The molecule has 0 N–H and O–H groups in total. The molecule has 1 aromatic carbocycles. The van der Waals surface area contributed by atoms with E-state index in [9.17, 15) is 9.18 Å². The van der Waals surface area contributed by atoms with Crippen molar-refractivity contribution in [2.24, 2.45) is 0 Å². The van der Waals surface area contributed by atoms with Crippen molar-refractivity contribution in [2.45, 2.75) is 52.2 Å². The summed E-state index contributed by atoms with van der Waals surface area (Å²) in [5.74, 6) is -0.266. The van der Waals surface area contributed by atoms with E-state index >= 15 is 0 Å².